The molecule has 3 aromatic heterocycles. The van der Waals surface area contributed by atoms with Crippen LogP contribution in [-0.4, -0.2) is 15.1 Å². The van der Waals surface area contributed by atoms with Crippen LogP contribution in [0.2, 0.25) is 0 Å². The number of fused-ring (bicyclic) bond motifs is 1. The Morgan fingerprint density at radius 3 is 3.00 bits per heavy atom. The summed E-state index contributed by atoms with van der Waals surface area (Å²) in [5, 5.41) is 6.92. The molecule has 0 saturated heterocycles. The first-order valence-electron chi connectivity index (χ1n) is 5.36. The smallest absolute Gasteiger partial charge is 0.155 e. The minimum absolute atomic E-state index is 0.566. The fourth-order valence-electron chi connectivity index (χ4n) is 1.66. The molecule has 0 aliphatic rings. The van der Waals surface area contributed by atoms with Gasteiger partial charge in [-0.15, -0.1) is 0 Å². The molecule has 0 bridgehead atoms. The van der Waals surface area contributed by atoms with E-state index in [1.807, 2.05) is 18.2 Å². The van der Waals surface area contributed by atoms with Gasteiger partial charge in [-0.2, -0.15) is 0 Å². The summed E-state index contributed by atoms with van der Waals surface area (Å²) in [7, 11) is 0. The lowest BCUT2D eigenvalue weighted by molar-refractivity contribution is 0.388. The fraction of sp³-hybridized carbons (Fsp3) is 0.0833. The summed E-state index contributed by atoms with van der Waals surface area (Å²) in [6.45, 7) is 0.566. The zero-order valence-corrected chi connectivity index (χ0v) is 10.9. The van der Waals surface area contributed by atoms with Gasteiger partial charge in [0.05, 0.1) is 23.9 Å². The summed E-state index contributed by atoms with van der Waals surface area (Å²) in [5.41, 5.74) is 2.59. The van der Waals surface area contributed by atoms with Crippen LogP contribution in [0.3, 0.4) is 0 Å². The summed E-state index contributed by atoms with van der Waals surface area (Å²) in [5.74, 6) is 0.775. The lowest BCUT2D eigenvalue weighted by Crippen LogP contribution is -2.00. The molecular formula is C12H9BrN4O. The van der Waals surface area contributed by atoms with Crippen molar-refractivity contribution in [2.45, 2.75) is 6.54 Å². The number of nitrogens with zero attached hydrogens (tertiary/aromatic N) is 3. The first-order chi connectivity index (χ1) is 8.83. The number of hydrogen-bond donors (Lipinski definition) is 1. The highest BCUT2D eigenvalue weighted by molar-refractivity contribution is 9.10. The minimum Gasteiger partial charge on any atom is -0.376 e. The van der Waals surface area contributed by atoms with Crippen molar-refractivity contribution in [3.05, 3.63) is 47.0 Å². The molecular weight excluding hydrogens is 296 g/mol. The van der Waals surface area contributed by atoms with E-state index in [1.54, 1.807) is 18.6 Å². The Kier molecular flexibility index (Phi) is 2.93. The van der Waals surface area contributed by atoms with Crippen molar-refractivity contribution in [2.24, 2.45) is 0 Å². The van der Waals surface area contributed by atoms with Crippen LogP contribution in [0.4, 0.5) is 5.69 Å². The molecule has 1 N–H and O–H groups in total. The maximum atomic E-state index is 5.03. The van der Waals surface area contributed by atoms with E-state index in [9.17, 15) is 0 Å². The Hall–Kier alpha value is -1.95. The van der Waals surface area contributed by atoms with Gasteiger partial charge in [0.2, 0.25) is 0 Å². The van der Waals surface area contributed by atoms with Crippen molar-refractivity contribution in [1.29, 1.82) is 0 Å². The molecule has 0 fully saturated rings. The number of halogens is 1. The molecule has 90 valence electrons. The maximum absolute atomic E-state index is 5.03. The molecule has 0 amide bonds. The topological polar surface area (TPSA) is 63.8 Å². The first-order valence-corrected chi connectivity index (χ1v) is 6.16. The monoisotopic (exact) mass is 304 g/mol. The third-order valence-corrected chi connectivity index (χ3v) is 2.92. The predicted molar refractivity (Wildman–Crippen MR) is 71.1 cm³/mol. The number of anilines is 1. The highest BCUT2D eigenvalue weighted by atomic mass is 79.9. The van der Waals surface area contributed by atoms with E-state index in [4.69, 9.17) is 4.52 Å². The second-order valence-corrected chi connectivity index (χ2v) is 4.63. The Morgan fingerprint density at radius 2 is 2.17 bits per heavy atom. The van der Waals surface area contributed by atoms with Crippen LogP contribution in [0.1, 0.15) is 5.76 Å². The largest absolute Gasteiger partial charge is 0.376 e. The van der Waals surface area contributed by atoms with Gasteiger partial charge in [0.1, 0.15) is 5.52 Å². The summed E-state index contributed by atoms with van der Waals surface area (Å²) < 4.78 is 5.94. The minimum atomic E-state index is 0.566. The molecule has 3 aromatic rings. The first kappa shape index (κ1) is 11.2. The molecule has 0 aromatic carbocycles. The Labute approximate surface area is 111 Å². The Balaban J connectivity index is 1.92. The van der Waals surface area contributed by atoms with Gasteiger partial charge in [-0.05, 0) is 28.1 Å². The third kappa shape index (κ3) is 2.19. The third-order valence-electron chi connectivity index (χ3n) is 2.49. The van der Waals surface area contributed by atoms with Crippen LogP contribution < -0.4 is 5.32 Å². The molecule has 0 aliphatic carbocycles. The van der Waals surface area contributed by atoms with E-state index < -0.39 is 0 Å². The number of hydrogen-bond acceptors (Lipinski definition) is 5. The van der Waals surface area contributed by atoms with Crippen LogP contribution in [0, 0.1) is 0 Å². The van der Waals surface area contributed by atoms with Gasteiger partial charge in [-0.25, -0.2) is 0 Å². The molecule has 0 atom stereocenters. The highest BCUT2D eigenvalue weighted by Crippen LogP contribution is 2.22. The van der Waals surface area contributed by atoms with Crippen LogP contribution in [0.15, 0.2) is 45.8 Å². The van der Waals surface area contributed by atoms with Gasteiger partial charge in [0.15, 0.2) is 5.76 Å². The van der Waals surface area contributed by atoms with Crippen molar-refractivity contribution < 1.29 is 4.52 Å². The predicted octanol–water partition coefficient (Wildman–Crippen LogP) is 2.99. The van der Waals surface area contributed by atoms with Crippen molar-refractivity contribution in [3.63, 3.8) is 0 Å². The lowest BCUT2D eigenvalue weighted by Gasteiger charge is -2.06. The summed E-state index contributed by atoms with van der Waals surface area (Å²) in [4.78, 5) is 8.64. The number of rotatable bonds is 3. The van der Waals surface area contributed by atoms with E-state index in [0.717, 1.165) is 27.0 Å². The van der Waals surface area contributed by atoms with Gasteiger partial charge >= 0.3 is 0 Å². The van der Waals surface area contributed by atoms with Gasteiger partial charge in [-0.1, -0.05) is 5.16 Å². The average Bonchev–Trinajstić information content (AvgIpc) is 2.89. The van der Waals surface area contributed by atoms with Crippen molar-refractivity contribution in [3.8, 4) is 0 Å². The number of aromatic nitrogens is 3. The van der Waals surface area contributed by atoms with Crippen LogP contribution in [-0.2, 0) is 6.54 Å². The van der Waals surface area contributed by atoms with Crippen molar-refractivity contribution in [1.82, 2.24) is 15.1 Å². The van der Waals surface area contributed by atoms with Crippen LogP contribution >= 0.6 is 15.9 Å². The maximum Gasteiger partial charge on any atom is 0.155 e. The highest BCUT2D eigenvalue weighted by Gasteiger charge is 2.04. The fourth-order valence-corrected chi connectivity index (χ4v) is 1.98. The lowest BCUT2D eigenvalue weighted by atomic mass is 10.3. The normalized spacial score (nSPS) is 10.7. The molecule has 3 heterocycles. The van der Waals surface area contributed by atoms with Crippen LogP contribution in [0.5, 0.6) is 0 Å². The summed E-state index contributed by atoms with van der Waals surface area (Å²) in [6, 6.07) is 5.64. The van der Waals surface area contributed by atoms with E-state index in [2.05, 4.69) is 36.4 Å². The quantitative estimate of drug-likeness (QED) is 0.806. The van der Waals surface area contributed by atoms with Gasteiger partial charge in [0.25, 0.3) is 0 Å². The molecule has 0 aliphatic heterocycles. The van der Waals surface area contributed by atoms with Gasteiger partial charge < -0.3 is 9.84 Å². The van der Waals surface area contributed by atoms with Crippen molar-refractivity contribution >= 4 is 32.7 Å². The molecule has 0 spiro atoms. The van der Waals surface area contributed by atoms with E-state index >= 15 is 0 Å². The summed E-state index contributed by atoms with van der Waals surface area (Å²) >= 11 is 3.38. The second-order valence-electron chi connectivity index (χ2n) is 3.71. The second kappa shape index (κ2) is 4.73. The zero-order valence-electron chi connectivity index (χ0n) is 9.30. The molecule has 6 heteroatoms. The van der Waals surface area contributed by atoms with Gasteiger partial charge in [0, 0.05) is 22.9 Å². The molecule has 0 radical (unpaired) electrons. The Morgan fingerprint density at radius 1 is 1.22 bits per heavy atom. The average molecular weight is 305 g/mol. The molecule has 5 nitrogen and oxygen atoms in total. The van der Waals surface area contributed by atoms with E-state index in [1.165, 1.54) is 0 Å². The Bertz CT molecular complexity index is 669. The van der Waals surface area contributed by atoms with Crippen molar-refractivity contribution in [2.75, 3.05) is 5.32 Å². The molecule has 3 rings (SSSR count). The van der Waals surface area contributed by atoms with E-state index in [-0.39, 0.29) is 0 Å². The molecule has 0 saturated carbocycles. The van der Waals surface area contributed by atoms with E-state index in [0.29, 0.717) is 6.54 Å². The van der Waals surface area contributed by atoms with Gasteiger partial charge in [-0.3, -0.25) is 9.97 Å². The number of nitrogens with one attached hydrogen (secondary N) is 1. The summed E-state index contributed by atoms with van der Waals surface area (Å²) in [6.07, 6.45) is 5.12. The standard InChI is InChI=1S/C12H9BrN4O/c13-8-5-11-12(16-6-8)10(2-3-14-11)15-7-9-1-4-17-18-9/h1-6H,7H2,(H,14,15). The number of pyridine rings is 2. The SMILES string of the molecule is Brc1cnc2c(NCc3ccno3)ccnc2c1. The zero-order chi connectivity index (χ0) is 12.4. The molecule has 18 heavy (non-hydrogen) atoms. The molecule has 0 unspecified atom stereocenters. The van der Waals surface area contributed by atoms with Crippen LogP contribution in [0.25, 0.3) is 11.0 Å².